The van der Waals surface area contributed by atoms with E-state index < -0.39 is 0 Å². The third kappa shape index (κ3) is 3.19. The number of halogens is 1. The lowest BCUT2D eigenvalue weighted by Crippen LogP contribution is -2.49. The van der Waals surface area contributed by atoms with Crippen molar-refractivity contribution < 1.29 is 4.79 Å². The molecule has 3 heterocycles. The first-order chi connectivity index (χ1) is 12.6. The minimum atomic E-state index is 0.0521. The smallest absolute Gasteiger partial charge is 0.250 e. The molecule has 2 aliphatic heterocycles. The third-order valence-corrected chi connectivity index (χ3v) is 6.15. The van der Waals surface area contributed by atoms with E-state index in [1.807, 2.05) is 46.1 Å². The number of fused-ring (bicyclic) bond motifs is 4. The number of aromatic nitrogens is 1. The number of nitrogens with zero attached hydrogens (tertiary/aromatic N) is 2. The summed E-state index contributed by atoms with van der Waals surface area (Å²) in [6, 6.07) is 11.3. The zero-order valence-corrected chi connectivity index (χ0v) is 16.2. The maximum atomic E-state index is 12.5. The number of carbonyl (C=O) groups excluding carboxylic acids is 1. The van der Waals surface area contributed by atoms with Crippen LogP contribution in [-0.2, 0) is 11.3 Å². The van der Waals surface area contributed by atoms with Crippen LogP contribution >= 0.6 is 23.4 Å². The summed E-state index contributed by atoms with van der Waals surface area (Å²) in [6.45, 7) is 2.14. The fourth-order valence-corrected chi connectivity index (χ4v) is 4.86. The molecule has 4 rings (SSSR count). The van der Waals surface area contributed by atoms with Gasteiger partial charge in [-0.1, -0.05) is 23.7 Å². The summed E-state index contributed by atoms with van der Waals surface area (Å²) in [4.78, 5) is 26.9. The molecule has 0 spiro atoms. The van der Waals surface area contributed by atoms with Gasteiger partial charge in [0.05, 0.1) is 5.75 Å². The molecule has 2 aliphatic rings. The van der Waals surface area contributed by atoms with Crippen LogP contribution in [0.4, 0.5) is 0 Å². The van der Waals surface area contributed by atoms with E-state index in [-0.39, 0.29) is 17.4 Å². The highest BCUT2D eigenvalue weighted by atomic mass is 35.5. The van der Waals surface area contributed by atoms with Crippen molar-refractivity contribution in [3.63, 3.8) is 0 Å². The average Bonchev–Trinajstić information content (AvgIpc) is 2.63. The Hall–Kier alpha value is -1.72. The van der Waals surface area contributed by atoms with Crippen LogP contribution in [0.3, 0.4) is 0 Å². The molecule has 1 aromatic carbocycles. The molecule has 0 N–H and O–H groups in total. The quantitative estimate of drug-likeness (QED) is 0.808. The molecule has 2 aromatic rings. The Balaban J connectivity index is 1.77. The number of benzene rings is 1. The van der Waals surface area contributed by atoms with E-state index in [0.717, 1.165) is 29.8 Å². The lowest BCUT2D eigenvalue weighted by atomic mass is 9.80. The van der Waals surface area contributed by atoms with Crippen molar-refractivity contribution in [2.45, 2.75) is 18.9 Å². The minimum Gasteiger partial charge on any atom is -0.341 e. The van der Waals surface area contributed by atoms with Crippen LogP contribution in [0.15, 0.2) is 41.2 Å². The Morgan fingerprint density at radius 3 is 2.65 bits per heavy atom. The predicted molar refractivity (Wildman–Crippen MR) is 107 cm³/mol. The first-order valence-corrected chi connectivity index (χ1v) is 10.6. The molecule has 4 nitrogen and oxygen atoms in total. The summed E-state index contributed by atoms with van der Waals surface area (Å²) in [5.41, 5.74) is 3.25. The first-order valence-electron chi connectivity index (χ1n) is 8.83. The molecule has 136 valence electrons. The Bertz CT molecular complexity index is 894. The molecule has 1 fully saturated rings. The minimum absolute atomic E-state index is 0.0521. The standard InChI is InChI=1S/C20H21ClN2O2S/c1-26-12-19(25)22-9-13-8-15(11-22)20-17(6-7-18(24)23(20)10-13)14-2-4-16(21)5-3-14/h2-7,13,15H,8-12H2,1H3/t13-,15-/m1/s1. The second-order valence-electron chi connectivity index (χ2n) is 7.12. The highest BCUT2D eigenvalue weighted by Crippen LogP contribution is 2.40. The highest BCUT2D eigenvalue weighted by Gasteiger charge is 2.37. The van der Waals surface area contributed by atoms with E-state index in [4.69, 9.17) is 11.6 Å². The van der Waals surface area contributed by atoms with E-state index in [2.05, 4.69) is 0 Å². The molecule has 1 aromatic heterocycles. The van der Waals surface area contributed by atoms with Crippen LogP contribution in [0.2, 0.25) is 5.02 Å². The van der Waals surface area contributed by atoms with Gasteiger partial charge < -0.3 is 9.47 Å². The Labute approximate surface area is 162 Å². The van der Waals surface area contributed by atoms with E-state index >= 15 is 0 Å². The number of piperidine rings is 1. The number of likely N-dealkylation sites (tertiary alicyclic amines) is 1. The Morgan fingerprint density at radius 2 is 1.92 bits per heavy atom. The lowest BCUT2D eigenvalue weighted by Gasteiger charge is -2.43. The predicted octanol–water partition coefficient (Wildman–Crippen LogP) is 3.48. The fraction of sp³-hybridized carbons (Fsp3) is 0.400. The molecule has 0 aliphatic carbocycles. The van der Waals surface area contributed by atoms with Gasteiger partial charge in [0.1, 0.15) is 0 Å². The average molecular weight is 389 g/mol. The molecule has 6 heteroatoms. The van der Waals surface area contributed by atoms with Crippen LogP contribution in [0.25, 0.3) is 11.1 Å². The van der Waals surface area contributed by atoms with Crippen molar-refractivity contribution >= 4 is 29.3 Å². The molecular weight excluding hydrogens is 368 g/mol. The number of carbonyl (C=O) groups is 1. The van der Waals surface area contributed by atoms with Crippen LogP contribution in [-0.4, -0.2) is 40.5 Å². The van der Waals surface area contributed by atoms with Crippen molar-refractivity contribution in [2.75, 3.05) is 25.1 Å². The normalized spacial score (nSPS) is 21.4. The van der Waals surface area contributed by atoms with Crippen molar-refractivity contribution in [2.24, 2.45) is 5.92 Å². The van der Waals surface area contributed by atoms with E-state index in [1.54, 1.807) is 17.8 Å². The van der Waals surface area contributed by atoms with Crippen molar-refractivity contribution in [3.05, 3.63) is 57.5 Å². The number of rotatable bonds is 3. The summed E-state index contributed by atoms with van der Waals surface area (Å²) >= 11 is 7.60. The second-order valence-corrected chi connectivity index (χ2v) is 8.42. The van der Waals surface area contributed by atoms with Crippen LogP contribution in [0.5, 0.6) is 0 Å². The number of thioether (sulfide) groups is 1. The SMILES string of the molecule is CSCC(=O)N1C[C@H]2C[C@H](C1)c1c(-c3ccc(Cl)cc3)ccc(=O)n1C2. The maximum Gasteiger partial charge on any atom is 0.250 e. The van der Waals surface area contributed by atoms with Crippen molar-refractivity contribution in [1.82, 2.24) is 9.47 Å². The fourth-order valence-electron chi connectivity index (χ4n) is 4.31. The van der Waals surface area contributed by atoms with Gasteiger partial charge in [0.15, 0.2) is 0 Å². The summed E-state index contributed by atoms with van der Waals surface area (Å²) in [6.07, 6.45) is 2.99. The molecule has 0 unspecified atom stereocenters. The van der Waals surface area contributed by atoms with Crippen molar-refractivity contribution in [1.29, 1.82) is 0 Å². The van der Waals surface area contributed by atoms with Gasteiger partial charge in [0, 0.05) is 47.9 Å². The molecule has 1 amide bonds. The van der Waals surface area contributed by atoms with Gasteiger partial charge >= 0.3 is 0 Å². The molecular formula is C20H21ClN2O2S. The molecule has 2 bridgehead atoms. The number of hydrogen-bond acceptors (Lipinski definition) is 3. The molecule has 0 radical (unpaired) electrons. The van der Waals surface area contributed by atoms with Crippen molar-refractivity contribution in [3.8, 4) is 11.1 Å². The van der Waals surface area contributed by atoms with Gasteiger partial charge in [-0.15, -0.1) is 0 Å². The van der Waals surface area contributed by atoms with E-state index in [9.17, 15) is 9.59 Å². The van der Waals surface area contributed by atoms with Gasteiger partial charge in [0.2, 0.25) is 5.91 Å². The lowest BCUT2D eigenvalue weighted by molar-refractivity contribution is -0.131. The topological polar surface area (TPSA) is 42.3 Å². The highest BCUT2D eigenvalue weighted by molar-refractivity contribution is 7.99. The molecule has 1 saturated heterocycles. The largest absolute Gasteiger partial charge is 0.341 e. The van der Waals surface area contributed by atoms with Crippen LogP contribution < -0.4 is 5.56 Å². The second kappa shape index (κ2) is 7.12. The van der Waals surface area contributed by atoms with Gasteiger partial charge in [0.25, 0.3) is 5.56 Å². The number of hydrogen-bond donors (Lipinski definition) is 0. The maximum absolute atomic E-state index is 12.5. The van der Waals surface area contributed by atoms with Gasteiger partial charge in [-0.25, -0.2) is 0 Å². The van der Waals surface area contributed by atoms with E-state index in [0.29, 0.717) is 29.8 Å². The summed E-state index contributed by atoms with van der Waals surface area (Å²) in [5.74, 6) is 1.27. The zero-order chi connectivity index (χ0) is 18.3. The van der Waals surface area contributed by atoms with Gasteiger partial charge in [-0.3, -0.25) is 9.59 Å². The number of amides is 1. The summed E-state index contributed by atoms with van der Waals surface area (Å²) in [7, 11) is 0. The van der Waals surface area contributed by atoms with E-state index in [1.165, 1.54) is 0 Å². The van der Waals surface area contributed by atoms with Gasteiger partial charge in [-0.2, -0.15) is 11.8 Å². The molecule has 0 saturated carbocycles. The Kier molecular flexibility index (Phi) is 4.84. The molecule has 2 atom stereocenters. The van der Waals surface area contributed by atoms with Crippen LogP contribution in [0, 0.1) is 5.92 Å². The first kappa shape index (κ1) is 17.7. The van der Waals surface area contributed by atoms with Gasteiger partial charge in [-0.05, 0) is 42.4 Å². The summed E-state index contributed by atoms with van der Waals surface area (Å²) in [5, 5.41) is 0.697. The van der Waals surface area contributed by atoms with Crippen LogP contribution in [0.1, 0.15) is 18.0 Å². The summed E-state index contributed by atoms with van der Waals surface area (Å²) < 4.78 is 1.93. The monoisotopic (exact) mass is 388 g/mol. The Morgan fingerprint density at radius 1 is 1.15 bits per heavy atom. The zero-order valence-electron chi connectivity index (χ0n) is 14.7. The molecule has 26 heavy (non-hydrogen) atoms. The number of pyridine rings is 1. The third-order valence-electron chi connectivity index (χ3n) is 5.37.